The molecule has 10 heteroatoms. The molecule has 0 aliphatic carbocycles. The van der Waals surface area contributed by atoms with Gasteiger partial charge in [0.15, 0.2) is 0 Å². The Morgan fingerprint density at radius 1 is 0.930 bits per heavy atom. The summed E-state index contributed by atoms with van der Waals surface area (Å²) >= 11 is 0. The molecule has 6 aromatic rings. The molecule has 8 nitrogen and oxygen atoms in total. The molecule has 0 radical (unpaired) electrons. The number of halogens is 1. The Balaban J connectivity index is 1.24. The summed E-state index contributed by atoms with van der Waals surface area (Å²) in [6, 6.07) is 18.7. The monoisotopic (exact) mass is 594 g/mol. The number of pyridine rings is 2. The molecule has 0 spiro atoms. The van der Waals surface area contributed by atoms with Crippen LogP contribution < -0.4 is 0 Å². The number of likely N-dealkylation sites (tertiary alicyclic amines) is 1. The molecular weight excluding hydrogens is 563 g/mol. The molecule has 1 saturated heterocycles. The van der Waals surface area contributed by atoms with Gasteiger partial charge in [-0.25, -0.2) is 17.8 Å². The van der Waals surface area contributed by atoms with Gasteiger partial charge in [-0.05, 0) is 97.1 Å². The Bertz CT molecular complexity index is 2080. The van der Waals surface area contributed by atoms with Crippen molar-refractivity contribution in [1.29, 1.82) is 0 Å². The zero-order chi connectivity index (χ0) is 29.6. The molecule has 218 valence electrons. The van der Waals surface area contributed by atoms with Crippen molar-refractivity contribution in [2.45, 2.75) is 25.8 Å². The summed E-state index contributed by atoms with van der Waals surface area (Å²) in [5.74, 6) is -0.434. The second-order valence-electron chi connectivity index (χ2n) is 11.4. The first-order chi connectivity index (χ1) is 20.8. The summed E-state index contributed by atoms with van der Waals surface area (Å²) < 4.78 is 38.0. The number of nitrogens with zero attached hydrogens (tertiary/aromatic N) is 4. The summed E-state index contributed by atoms with van der Waals surface area (Å²) in [5, 5.41) is 8.61. The van der Waals surface area contributed by atoms with Crippen LogP contribution in [-0.4, -0.2) is 63.6 Å². The summed E-state index contributed by atoms with van der Waals surface area (Å²) in [6.45, 7) is 3.15. The van der Waals surface area contributed by atoms with Gasteiger partial charge >= 0.3 is 0 Å². The van der Waals surface area contributed by atoms with E-state index >= 15 is 0 Å². The van der Waals surface area contributed by atoms with Crippen molar-refractivity contribution < 1.29 is 12.8 Å². The van der Waals surface area contributed by atoms with Gasteiger partial charge in [-0.2, -0.15) is 5.10 Å². The molecule has 43 heavy (non-hydrogen) atoms. The van der Waals surface area contributed by atoms with E-state index in [1.54, 1.807) is 0 Å². The van der Waals surface area contributed by atoms with Crippen molar-refractivity contribution >= 4 is 31.8 Å². The number of sulfone groups is 1. The summed E-state index contributed by atoms with van der Waals surface area (Å²) in [5.41, 5.74) is 9.04. The van der Waals surface area contributed by atoms with E-state index in [9.17, 15) is 12.8 Å². The number of aromatic amines is 2. The lowest BCUT2D eigenvalue weighted by atomic mass is 9.98. The minimum atomic E-state index is -3.16. The molecule has 4 aromatic heterocycles. The van der Waals surface area contributed by atoms with E-state index in [0.717, 1.165) is 64.1 Å². The van der Waals surface area contributed by atoms with Gasteiger partial charge in [-0.3, -0.25) is 15.0 Å². The average molecular weight is 595 g/mol. The van der Waals surface area contributed by atoms with E-state index in [1.807, 2.05) is 54.9 Å². The van der Waals surface area contributed by atoms with Gasteiger partial charge in [-0.15, -0.1) is 0 Å². The molecule has 7 rings (SSSR count). The molecular formula is C33H31FN6O2S. The maximum atomic E-state index is 14.7. The number of aromatic nitrogens is 5. The number of fused-ring (bicyclic) bond motifs is 2. The first-order valence-corrected chi connectivity index (χ1v) is 16.5. The van der Waals surface area contributed by atoms with Gasteiger partial charge in [0, 0.05) is 41.7 Å². The van der Waals surface area contributed by atoms with Gasteiger partial charge in [0.1, 0.15) is 26.9 Å². The minimum absolute atomic E-state index is 0.0333. The second-order valence-corrected chi connectivity index (χ2v) is 13.7. The quantitative estimate of drug-likeness (QED) is 0.219. The first-order valence-electron chi connectivity index (χ1n) is 14.4. The highest BCUT2D eigenvalue weighted by Gasteiger charge is 2.17. The lowest BCUT2D eigenvalue weighted by Crippen LogP contribution is -2.18. The highest BCUT2D eigenvalue weighted by molar-refractivity contribution is 7.90. The fourth-order valence-electron chi connectivity index (χ4n) is 5.95. The molecule has 0 saturated carbocycles. The third kappa shape index (κ3) is 5.80. The number of H-pyrrole nitrogens is 2. The molecule has 1 aliphatic rings. The molecule has 0 atom stereocenters. The smallest absolute Gasteiger partial charge is 0.147 e. The van der Waals surface area contributed by atoms with Crippen molar-refractivity contribution in [3.05, 3.63) is 90.0 Å². The number of hydrogen-bond donors (Lipinski definition) is 2. The summed E-state index contributed by atoms with van der Waals surface area (Å²) in [6.07, 6.45) is 7.72. The topological polar surface area (TPSA) is 108 Å². The Labute approximate surface area is 248 Å². The van der Waals surface area contributed by atoms with Crippen LogP contribution in [0.4, 0.5) is 4.39 Å². The fourth-order valence-corrected chi connectivity index (χ4v) is 6.56. The van der Waals surface area contributed by atoms with Gasteiger partial charge in [0.05, 0.1) is 22.7 Å². The van der Waals surface area contributed by atoms with Gasteiger partial charge in [-0.1, -0.05) is 18.2 Å². The number of benzene rings is 2. The predicted molar refractivity (Wildman–Crippen MR) is 168 cm³/mol. The average Bonchev–Trinajstić information content (AvgIpc) is 3.75. The molecule has 0 amide bonds. The van der Waals surface area contributed by atoms with E-state index in [-0.39, 0.29) is 12.2 Å². The third-order valence-corrected chi connectivity index (χ3v) is 9.00. The van der Waals surface area contributed by atoms with Crippen LogP contribution in [0.5, 0.6) is 0 Å². The van der Waals surface area contributed by atoms with Crippen LogP contribution in [0.2, 0.25) is 0 Å². The lowest BCUT2D eigenvalue weighted by Gasteiger charge is -2.14. The second kappa shape index (κ2) is 11.0. The van der Waals surface area contributed by atoms with Crippen LogP contribution in [0.25, 0.3) is 55.7 Å². The molecule has 0 unspecified atom stereocenters. The van der Waals surface area contributed by atoms with E-state index < -0.39 is 15.7 Å². The maximum absolute atomic E-state index is 14.7. The highest BCUT2D eigenvalue weighted by atomic mass is 32.2. The lowest BCUT2D eigenvalue weighted by molar-refractivity contribution is 0.331. The molecule has 1 aliphatic heterocycles. The number of aryl methyl sites for hydroxylation is 1. The zero-order valence-electron chi connectivity index (χ0n) is 23.8. The SMILES string of the molecule is CS(=O)(=O)CCc1cc(F)cc(-c2cccc3[nH]c(-c4n[nH]c5ccc(-c6cncc(CN7CCCC7)c6)nc45)cc23)c1. The molecule has 0 bridgehead atoms. The Morgan fingerprint density at radius 3 is 2.60 bits per heavy atom. The normalized spacial score (nSPS) is 14.3. The Morgan fingerprint density at radius 2 is 1.77 bits per heavy atom. The summed E-state index contributed by atoms with van der Waals surface area (Å²) in [4.78, 5) is 15.4. The standard InChI is InChI=1S/C33H31FN6O2S/c1-43(41,42)12-9-21-13-23(16-25(34)15-21)26-5-4-6-29-27(26)17-31(36-29)33-32-30(38-39-33)8-7-28(37-32)24-14-22(18-35-19-24)20-40-10-2-3-11-40/h4-8,13-19,36H,2-3,9-12,20H2,1H3,(H,38,39). The van der Waals surface area contributed by atoms with Crippen LogP contribution in [0.15, 0.2) is 73.1 Å². The van der Waals surface area contributed by atoms with E-state index in [2.05, 4.69) is 31.1 Å². The summed E-state index contributed by atoms with van der Waals surface area (Å²) in [7, 11) is -3.16. The first kappa shape index (κ1) is 27.4. The highest BCUT2D eigenvalue weighted by Crippen LogP contribution is 2.35. The third-order valence-electron chi connectivity index (χ3n) is 8.05. The molecule has 1 fully saturated rings. The van der Waals surface area contributed by atoms with Crippen molar-refractivity contribution in [3.63, 3.8) is 0 Å². The number of rotatable bonds is 8. The fraction of sp³-hybridized carbons (Fsp3) is 0.242. The van der Waals surface area contributed by atoms with Gasteiger partial charge in [0.2, 0.25) is 0 Å². The van der Waals surface area contributed by atoms with Crippen LogP contribution in [0, 0.1) is 5.82 Å². The Kier molecular flexibility index (Phi) is 7.03. The van der Waals surface area contributed by atoms with E-state index in [0.29, 0.717) is 16.8 Å². The van der Waals surface area contributed by atoms with Crippen LogP contribution in [0.3, 0.4) is 0 Å². The van der Waals surface area contributed by atoms with Crippen molar-refractivity contribution in [1.82, 2.24) is 30.0 Å². The molecule has 2 N–H and O–H groups in total. The van der Waals surface area contributed by atoms with Crippen LogP contribution in [0.1, 0.15) is 24.0 Å². The van der Waals surface area contributed by atoms with E-state index in [1.165, 1.54) is 36.8 Å². The zero-order valence-corrected chi connectivity index (χ0v) is 24.6. The van der Waals surface area contributed by atoms with Gasteiger partial charge in [0.25, 0.3) is 0 Å². The van der Waals surface area contributed by atoms with Crippen molar-refractivity contribution in [2.75, 3.05) is 25.1 Å². The number of nitrogens with one attached hydrogen (secondary N) is 2. The largest absolute Gasteiger partial charge is 0.353 e. The van der Waals surface area contributed by atoms with Crippen molar-refractivity contribution in [3.8, 4) is 33.8 Å². The van der Waals surface area contributed by atoms with Crippen molar-refractivity contribution in [2.24, 2.45) is 0 Å². The van der Waals surface area contributed by atoms with E-state index in [4.69, 9.17) is 4.98 Å². The Hall–Kier alpha value is -4.41. The van der Waals surface area contributed by atoms with Gasteiger partial charge < -0.3 is 4.98 Å². The molecule has 2 aromatic carbocycles. The number of hydrogen-bond acceptors (Lipinski definition) is 6. The molecule has 5 heterocycles. The van der Waals surface area contributed by atoms with Crippen LogP contribution in [-0.2, 0) is 22.8 Å². The minimum Gasteiger partial charge on any atom is -0.353 e. The maximum Gasteiger partial charge on any atom is 0.147 e. The predicted octanol–water partition coefficient (Wildman–Crippen LogP) is 6.16. The van der Waals surface area contributed by atoms with Crippen LogP contribution >= 0.6 is 0 Å².